The molecule has 0 saturated carbocycles. The minimum absolute atomic E-state index is 0.352. The summed E-state index contributed by atoms with van der Waals surface area (Å²) in [4.78, 5) is 11.3. The van der Waals surface area contributed by atoms with Crippen LogP contribution in [0, 0.1) is 0 Å². The summed E-state index contributed by atoms with van der Waals surface area (Å²) in [6.45, 7) is 0. The first-order valence-electron chi connectivity index (χ1n) is 6.45. The lowest BCUT2D eigenvalue weighted by Crippen LogP contribution is -2.20. The molecule has 9 heteroatoms. The molecule has 3 rings (SSSR count). The van der Waals surface area contributed by atoms with Gasteiger partial charge in [-0.2, -0.15) is 5.21 Å². The number of anilines is 1. The number of amides is 2. The van der Waals surface area contributed by atoms with Crippen molar-refractivity contribution in [1.29, 1.82) is 0 Å². The van der Waals surface area contributed by atoms with E-state index in [0.29, 0.717) is 17.1 Å². The number of halogens is 2. The van der Waals surface area contributed by atoms with Crippen molar-refractivity contribution in [1.82, 2.24) is 20.6 Å². The molecular formula is C14H10Br2N6O. The highest BCUT2D eigenvalue weighted by molar-refractivity contribution is 9.10. The maximum Gasteiger partial charge on any atom is 0.316 e. The number of urea groups is 1. The standard InChI is InChI=1S/C14H10Br2N6O/c15-8-3-1-2-7(6-8)11-9(16)4-5-10(18-14(17)23)12(11)13-19-21-22-20-13/h1-6H,(H3,17,18,23)(H,19,20,21,22). The molecule has 0 aliphatic rings. The number of hydrogen-bond acceptors (Lipinski definition) is 4. The van der Waals surface area contributed by atoms with Gasteiger partial charge in [-0.15, -0.1) is 10.2 Å². The van der Waals surface area contributed by atoms with E-state index in [0.717, 1.165) is 20.1 Å². The zero-order valence-corrected chi connectivity index (χ0v) is 14.7. The van der Waals surface area contributed by atoms with Crippen molar-refractivity contribution in [3.05, 3.63) is 45.3 Å². The van der Waals surface area contributed by atoms with Crippen LogP contribution >= 0.6 is 31.9 Å². The number of aromatic amines is 1. The Hall–Kier alpha value is -2.26. The average Bonchev–Trinajstić information content (AvgIpc) is 3.02. The molecule has 116 valence electrons. The summed E-state index contributed by atoms with van der Waals surface area (Å²) in [6, 6.07) is 10.6. The zero-order chi connectivity index (χ0) is 16.4. The number of hydrogen-bond donors (Lipinski definition) is 3. The summed E-state index contributed by atoms with van der Waals surface area (Å²) < 4.78 is 1.75. The Labute approximate surface area is 147 Å². The molecule has 4 N–H and O–H groups in total. The Balaban J connectivity index is 2.31. The van der Waals surface area contributed by atoms with Crippen LogP contribution in [-0.4, -0.2) is 26.7 Å². The fraction of sp³-hybridized carbons (Fsp3) is 0. The van der Waals surface area contributed by atoms with Crippen LogP contribution in [0.3, 0.4) is 0 Å². The summed E-state index contributed by atoms with van der Waals surface area (Å²) >= 11 is 7.01. The van der Waals surface area contributed by atoms with E-state index in [2.05, 4.69) is 57.8 Å². The molecule has 0 unspecified atom stereocenters. The lowest BCUT2D eigenvalue weighted by atomic mass is 9.97. The van der Waals surface area contributed by atoms with E-state index in [1.807, 2.05) is 30.3 Å². The summed E-state index contributed by atoms with van der Waals surface area (Å²) in [5.41, 5.74) is 8.11. The molecule has 3 aromatic rings. The molecule has 0 saturated heterocycles. The van der Waals surface area contributed by atoms with Crippen LogP contribution in [0.25, 0.3) is 22.5 Å². The molecular weight excluding hydrogens is 428 g/mol. The van der Waals surface area contributed by atoms with E-state index in [1.165, 1.54) is 0 Å². The second kappa shape index (κ2) is 6.47. The van der Waals surface area contributed by atoms with Crippen molar-refractivity contribution in [3.63, 3.8) is 0 Å². The van der Waals surface area contributed by atoms with E-state index in [9.17, 15) is 4.79 Å². The molecule has 0 atom stereocenters. The number of nitrogens with two attached hydrogens (primary N) is 1. The molecule has 23 heavy (non-hydrogen) atoms. The quantitative estimate of drug-likeness (QED) is 0.581. The van der Waals surface area contributed by atoms with Crippen LogP contribution in [0.5, 0.6) is 0 Å². The number of H-pyrrole nitrogens is 1. The van der Waals surface area contributed by atoms with Gasteiger partial charge in [0.15, 0.2) is 0 Å². The van der Waals surface area contributed by atoms with Crippen molar-refractivity contribution in [2.24, 2.45) is 5.73 Å². The lowest BCUT2D eigenvalue weighted by Gasteiger charge is -2.15. The highest BCUT2D eigenvalue weighted by Gasteiger charge is 2.20. The monoisotopic (exact) mass is 436 g/mol. The van der Waals surface area contributed by atoms with E-state index in [1.54, 1.807) is 6.07 Å². The molecule has 0 aliphatic heterocycles. The maximum absolute atomic E-state index is 11.3. The van der Waals surface area contributed by atoms with Gasteiger partial charge < -0.3 is 11.1 Å². The Morgan fingerprint density at radius 2 is 2.00 bits per heavy atom. The third-order valence-electron chi connectivity index (χ3n) is 3.09. The molecule has 2 aromatic carbocycles. The topological polar surface area (TPSA) is 110 Å². The number of primary amides is 1. The number of tetrazole rings is 1. The number of nitrogens with zero attached hydrogens (tertiary/aromatic N) is 3. The van der Waals surface area contributed by atoms with Crippen molar-refractivity contribution in [2.75, 3.05) is 5.32 Å². The van der Waals surface area contributed by atoms with Gasteiger partial charge >= 0.3 is 6.03 Å². The molecule has 0 radical (unpaired) electrons. The van der Waals surface area contributed by atoms with E-state index < -0.39 is 6.03 Å². The summed E-state index contributed by atoms with van der Waals surface area (Å²) in [6.07, 6.45) is 0. The van der Waals surface area contributed by atoms with Gasteiger partial charge in [-0.05, 0) is 35.0 Å². The number of carbonyl (C=O) groups is 1. The van der Waals surface area contributed by atoms with Gasteiger partial charge in [-0.25, -0.2) is 4.79 Å². The van der Waals surface area contributed by atoms with E-state index in [-0.39, 0.29) is 0 Å². The van der Waals surface area contributed by atoms with Gasteiger partial charge in [0.25, 0.3) is 0 Å². The third kappa shape index (κ3) is 3.25. The predicted octanol–water partition coefficient (Wildman–Crippen LogP) is 3.55. The Bertz CT molecular complexity index is 866. The molecule has 2 amide bonds. The fourth-order valence-corrected chi connectivity index (χ4v) is 3.20. The molecule has 0 spiro atoms. The molecule has 0 aliphatic carbocycles. The number of rotatable bonds is 3. The zero-order valence-electron chi connectivity index (χ0n) is 11.5. The second-order valence-electron chi connectivity index (χ2n) is 4.58. The second-order valence-corrected chi connectivity index (χ2v) is 6.35. The summed E-state index contributed by atoms with van der Waals surface area (Å²) in [5, 5.41) is 16.7. The fourth-order valence-electron chi connectivity index (χ4n) is 2.24. The highest BCUT2D eigenvalue weighted by atomic mass is 79.9. The first kappa shape index (κ1) is 15.6. The average molecular weight is 438 g/mol. The van der Waals surface area contributed by atoms with Gasteiger partial charge in [-0.3, -0.25) is 0 Å². The van der Waals surface area contributed by atoms with Crippen molar-refractivity contribution < 1.29 is 4.79 Å². The first-order valence-corrected chi connectivity index (χ1v) is 8.03. The van der Waals surface area contributed by atoms with Gasteiger partial charge in [-0.1, -0.05) is 44.0 Å². The molecule has 1 aromatic heterocycles. The SMILES string of the molecule is NC(=O)Nc1ccc(Br)c(-c2cccc(Br)c2)c1-c1nn[nH]n1. The van der Waals surface area contributed by atoms with Crippen LogP contribution in [0.4, 0.5) is 10.5 Å². The normalized spacial score (nSPS) is 10.5. The highest BCUT2D eigenvalue weighted by Crippen LogP contribution is 2.41. The molecule has 0 bridgehead atoms. The van der Waals surface area contributed by atoms with E-state index >= 15 is 0 Å². The minimum Gasteiger partial charge on any atom is -0.351 e. The van der Waals surface area contributed by atoms with Crippen LogP contribution < -0.4 is 11.1 Å². The maximum atomic E-state index is 11.3. The molecule has 1 heterocycles. The smallest absolute Gasteiger partial charge is 0.316 e. The summed E-state index contributed by atoms with van der Waals surface area (Å²) in [7, 11) is 0. The van der Waals surface area contributed by atoms with Crippen molar-refractivity contribution >= 4 is 43.6 Å². The number of carbonyl (C=O) groups excluding carboxylic acids is 1. The van der Waals surface area contributed by atoms with Gasteiger partial charge in [0, 0.05) is 14.5 Å². The van der Waals surface area contributed by atoms with E-state index in [4.69, 9.17) is 5.73 Å². The van der Waals surface area contributed by atoms with Crippen molar-refractivity contribution in [2.45, 2.75) is 0 Å². The van der Waals surface area contributed by atoms with Crippen LogP contribution in [0.2, 0.25) is 0 Å². The minimum atomic E-state index is -0.669. The van der Waals surface area contributed by atoms with Crippen molar-refractivity contribution in [3.8, 4) is 22.5 Å². The largest absolute Gasteiger partial charge is 0.351 e. The molecule has 7 nitrogen and oxygen atoms in total. The van der Waals surface area contributed by atoms with Gasteiger partial charge in [0.1, 0.15) is 0 Å². The van der Waals surface area contributed by atoms with Gasteiger partial charge in [0.05, 0.1) is 11.3 Å². The number of nitrogens with one attached hydrogen (secondary N) is 2. The number of benzene rings is 2. The Morgan fingerprint density at radius 3 is 2.65 bits per heavy atom. The predicted molar refractivity (Wildman–Crippen MR) is 93.7 cm³/mol. The Kier molecular flexibility index (Phi) is 4.39. The number of aromatic nitrogens is 4. The Morgan fingerprint density at radius 1 is 1.17 bits per heavy atom. The molecule has 0 fully saturated rings. The van der Waals surface area contributed by atoms with Gasteiger partial charge in [0.2, 0.25) is 5.82 Å². The van der Waals surface area contributed by atoms with Crippen LogP contribution in [0.1, 0.15) is 0 Å². The van der Waals surface area contributed by atoms with Crippen LogP contribution in [-0.2, 0) is 0 Å². The third-order valence-corrected chi connectivity index (χ3v) is 4.25. The van der Waals surface area contributed by atoms with Crippen LogP contribution in [0.15, 0.2) is 45.3 Å². The first-order chi connectivity index (χ1) is 11.1. The summed E-state index contributed by atoms with van der Waals surface area (Å²) in [5.74, 6) is 0.352. The lowest BCUT2D eigenvalue weighted by molar-refractivity contribution is 0.259.